The predicted molar refractivity (Wildman–Crippen MR) is 117 cm³/mol. The van der Waals surface area contributed by atoms with Crippen LogP contribution < -0.4 is 0 Å². The van der Waals surface area contributed by atoms with Gasteiger partial charge in [0.1, 0.15) is 5.82 Å². The number of rotatable bonds is 4. The molecule has 0 unspecified atom stereocenters. The molecule has 0 N–H and O–H groups in total. The largest absolute Gasteiger partial charge is 0.342 e. The minimum absolute atomic E-state index is 0.173. The first-order chi connectivity index (χ1) is 15.2. The molecule has 5 rings (SSSR count). The summed E-state index contributed by atoms with van der Waals surface area (Å²) in [7, 11) is 0. The van der Waals surface area contributed by atoms with E-state index in [4.69, 9.17) is 10.1 Å². The van der Waals surface area contributed by atoms with Crippen molar-refractivity contribution in [2.24, 2.45) is 0 Å². The van der Waals surface area contributed by atoms with E-state index >= 15 is 0 Å². The molecule has 1 saturated heterocycles. The second-order valence-corrected chi connectivity index (χ2v) is 8.02. The molecule has 1 aliphatic rings. The van der Waals surface area contributed by atoms with Crippen LogP contribution >= 0.6 is 0 Å². The second-order valence-electron chi connectivity index (χ2n) is 8.02. The van der Waals surface area contributed by atoms with Crippen LogP contribution in [0.5, 0.6) is 0 Å². The maximum atomic E-state index is 13.6. The van der Waals surface area contributed by atoms with Crippen molar-refractivity contribution in [1.82, 2.24) is 19.5 Å². The molecule has 31 heavy (non-hydrogen) atoms. The Bertz CT molecular complexity index is 1210. The third-order valence-electron chi connectivity index (χ3n) is 5.92. The minimum atomic E-state index is -0.259. The molecule has 0 aliphatic carbocycles. The third kappa shape index (κ3) is 4.19. The quantitative estimate of drug-likeness (QED) is 0.495. The lowest BCUT2D eigenvalue weighted by atomic mass is 9.95. The molecule has 1 fully saturated rings. The zero-order valence-corrected chi connectivity index (χ0v) is 17.1. The Kier molecular flexibility index (Phi) is 5.20. The highest BCUT2D eigenvalue weighted by molar-refractivity contribution is 5.78. The highest BCUT2D eigenvalue weighted by Gasteiger charge is 2.26. The fourth-order valence-corrected chi connectivity index (χ4v) is 4.18. The number of pyridine rings is 1. The zero-order chi connectivity index (χ0) is 21.2. The van der Waals surface area contributed by atoms with Crippen LogP contribution in [0.4, 0.5) is 4.39 Å². The molecular formula is C25H23FN4O. The van der Waals surface area contributed by atoms with Crippen molar-refractivity contribution >= 4 is 11.6 Å². The summed E-state index contributed by atoms with van der Waals surface area (Å²) in [6.45, 7) is 1.45. The van der Waals surface area contributed by atoms with Crippen molar-refractivity contribution < 1.29 is 9.18 Å². The van der Waals surface area contributed by atoms with Gasteiger partial charge in [0.25, 0.3) is 0 Å². The molecule has 2 aromatic carbocycles. The Morgan fingerprint density at radius 1 is 0.968 bits per heavy atom. The zero-order valence-electron chi connectivity index (χ0n) is 17.1. The van der Waals surface area contributed by atoms with E-state index in [9.17, 15) is 9.18 Å². The summed E-state index contributed by atoms with van der Waals surface area (Å²) in [6, 6.07) is 20.2. The Labute approximate surface area is 180 Å². The standard InChI is InChI=1S/C25H23FN4O/c26-22-8-4-7-20(16-22)21-9-10-23-27-25(28-30(23)17-21)19-11-13-29(14-12-19)24(31)15-18-5-2-1-3-6-18/h1-10,16-17,19H,11-15H2. The minimum Gasteiger partial charge on any atom is -0.342 e. The molecule has 0 atom stereocenters. The van der Waals surface area contributed by atoms with Gasteiger partial charge < -0.3 is 4.90 Å². The van der Waals surface area contributed by atoms with Crippen LogP contribution in [0.15, 0.2) is 72.9 Å². The number of benzene rings is 2. The van der Waals surface area contributed by atoms with Gasteiger partial charge in [0, 0.05) is 30.8 Å². The molecular weight excluding hydrogens is 391 g/mol. The number of nitrogens with zero attached hydrogens (tertiary/aromatic N) is 4. The average molecular weight is 414 g/mol. The third-order valence-corrected chi connectivity index (χ3v) is 5.92. The lowest BCUT2D eigenvalue weighted by Crippen LogP contribution is -2.39. The molecule has 0 radical (unpaired) electrons. The first-order valence-corrected chi connectivity index (χ1v) is 10.6. The molecule has 0 bridgehead atoms. The number of aromatic nitrogens is 3. The fraction of sp³-hybridized carbons (Fsp3) is 0.240. The molecule has 156 valence electrons. The van der Waals surface area contributed by atoms with Crippen LogP contribution in [0.2, 0.25) is 0 Å². The lowest BCUT2D eigenvalue weighted by Gasteiger charge is -2.30. The summed E-state index contributed by atoms with van der Waals surface area (Å²) >= 11 is 0. The van der Waals surface area contributed by atoms with Crippen LogP contribution in [0, 0.1) is 5.82 Å². The van der Waals surface area contributed by atoms with Gasteiger partial charge in [-0.3, -0.25) is 4.79 Å². The molecule has 0 saturated carbocycles. The summed E-state index contributed by atoms with van der Waals surface area (Å²) < 4.78 is 15.3. The van der Waals surface area contributed by atoms with Crippen molar-refractivity contribution in [3.8, 4) is 11.1 Å². The maximum Gasteiger partial charge on any atom is 0.226 e. The first-order valence-electron chi connectivity index (χ1n) is 10.6. The number of carbonyl (C=O) groups excluding carboxylic acids is 1. The van der Waals surface area contributed by atoms with Gasteiger partial charge in [0.2, 0.25) is 5.91 Å². The van der Waals surface area contributed by atoms with E-state index in [2.05, 4.69) is 0 Å². The number of likely N-dealkylation sites (tertiary alicyclic amines) is 1. The lowest BCUT2D eigenvalue weighted by molar-refractivity contribution is -0.131. The van der Waals surface area contributed by atoms with E-state index in [1.807, 2.05) is 59.6 Å². The van der Waals surface area contributed by atoms with Gasteiger partial charge in [0.15, 0.2) is 11.5 Å². The van der Waals surface area contributed by atoms with E-state index < -0.39 is 0 Å². The topological polar surface area (TPSA) is 50.5 Å². The summed E-state index contributed by atoms with van der Waals surface area (Å²) in [4.78, 5) is 19.3. The number of hydrogen-bond acceptors (Lipinski definition) is 3. The normalized spacial score (nSPS) is 14.8. The van der Waals surface area contributed by atoms with E-state index in [0.29, 0.717) is 6.42 Å². The van der Waals surface area contributed by atoms with Crippen molar-refractivity contribution in [3.05, 3.63) is 90.1 Å². The van der Waals surface area contributed by atoms with Crippen molar-refractivity contribution in [2.45, 2.75) is 25.2 Å². The smallest absolute Gasteiger partial charge is 0.226 e. The molecule has 5 nitrogen and oxygen atoms in total. The number of hydrogen-bond donors (Lipinski definition) is 0. The number of piperidine rings is 1. The van der Waals surface area contributed by atoms with E-state index in [1.54, 1.807) is 10.6 Å². The number of halogens is 1. The number of carbonyl (C=O) groups is 1. The van der Waals surface area contributed by atoms with Gasteiger partial charge in [-0.1, -0.05) is 42.5 Å². The van der Waals surface area contributed by atoms with Crippen LogP contribution in [0.1, 0.15) is 30.1 Å². The Hall–Kier alpha value is -3.54. The van der Waals surface area contributed by atoms with Crippen LogP contribution in [0.25, 0.3) is 16.8 Å². The maximum absolute atomic E-state index is 13.6. The Morgan fingerprint density at radius 3 is 2.55 bits per heavy atom. The number of fused-ring (bicyclic) bond motifs is 1. The highest BCUT2D eigenvalue weighted by Crippen LogP contribution is 2.27. The van der Waals surface area contributed by atoms with Gasteiger partial charge in [-0.25, -0.2) is 13.9 Å². The summed E-state index contributed by atoms with van der Waals surface area (Å²) in [5, 5.41) is 4.69. The van der Waals surface area contributed by atoms with Gasteiger partial charge in [-0.2, -0.15) is 5.10 Å². The highest BCUT2D eigenvalue weighted by atomic mass is 19.1. The molecule has 0 spiro atoms. The van der Waals surface area contributed by atoms with Crippen LogP contribution in [-0.2, 0) is 11.2 Å². The van der Waals surface area contributed by atoms with E-state index in [0.717, 1.165) is 54.1 Å². The first kappa shape index (κ1) is 19.4. The number of amides is 1. The Morgan fingerprint density at radius 2 is 1.77 bits per heavy atom. The molecule has 4 aromatic rings. The molecule has 1 amide bonds. The summed E-state index contributed by atoms with van der Waals surface area (Å²) in [5.74, 6) is 0.961. The summed E-state index contributed by atoms with van der Waals surface area (Å²) in [5.41, 5.74) is 3.53. The summed E-state index contributed by atoms with van der Waals surface area (Å²) in [6.07, 6.45) is 4.04. The molecule has 2 aromatic heterocycles. The van der Waals surface area contributed by atoms with Crippen LogP contribution in [0.3, 0.4) is 0 Å². The monoisotopic (exact) mass is 414 g/mol. The van der Waals surface area contributed by atoms with Crippen molar-refractivity contribution in [3.63, 3.8) is 0 Å². The van der Waals surface area contributed by atoms with Crippen LogP contribution in [-0.4, -0.2) is 38.5 Å². The van der Waals surface area contributed by atoms with E-state index in [1.165, 1.54) is 12.1 Å². The molecule has 3 heterocycles. The van der Waals surface area contributed by atoms with Gasteiger partial charge in [-0.15, -0.1) is 0 Å². The van der Waals surface area contributed by atoms with Crippen molar-refractivity contribution in [1.29, 1.82) is 0 Å². The fourth-order valence-electron chi connectivity index (χ4n) is 4.18. The van der Waals surface area contributed by atoms with E-state index in [-0.39, 0.29) is 17.6 Å². The van der Waals surface area contributed by atoms with Crippen molar-refractivity contribution in [2.75, 3.05) is 13.1 Å². The Balaban J connectivity index is 1.27. The van der Waals surface area contributed by atoms with Gasteiger partial charge in [0.05, 0.1) is 6.42 Å². The average Bonchev–Trinajstić information content (AvgIpc) is 3.23. The predicted octanol–water partition coefficient (Wildman–Crippen LogP) is 4.48. The second kappa shape index (κ2) is 8.30. The molecule has 1 aliphatic heterocycles. The van der Waals surface area contributed by atoms with Gasteiger partial charge in [-0.05, 0) is 48.2 Å². The SMILES string of the molecule is O=C(Cc1ccccc1)N1CCC(c2nc3ccc(-c4cccc(F)c4)cn3n2)CC1. The molecule has 6 heteroatoms. The van der Waals surface area contributed by atoms with Gasteiger partial charge >= 0.3 is 0 Å².